The number of ether oxygens (including phenoxy) is 1. The monoisotopic (exact) mass is 383 g/mol. The van der Waals surface area contributed by atoms with Crippen molar-refractivity contribution < 1.29 is 17.9 Å². The third-order valence-electron chi connectivity index (χ3n) is 4.54. The number of carbonyl (C=O) groups is 1. The first kappa shape index (κ1) is 18.7. The molecule has 1 atom stereocenters. The molecule has 2 fully saturated rings. The number of piperazine rings is 1. The summed E-state index contributed by atoms with van der Waals surface area (Å²) in [4.78, 5) is 24.5. The summed E-state index contributed by atoms with van der Waals surface area (Å²) in [5.41, 5.74) is 0.811. The minimum absolute atomic E-state index is 0.123. The molecule has 0 aliphatic carbocycles. The van der Waals surface area contributed by atoms with Crippen molar-refractivity contribution >= 4 is 27.7 Å². The Balaban J connectivity index is 1.64. The summed E-state index contributed by atoms with van der Waals surface area (Å²) in [5.74, 6) is 1.57. The normalized spacial score (nSPS) is 22.3. The smallest absolute Gasteiger partial charge is 0.409 e. The third kappa shape index (κ3) is 4.54. The predicted octanol–water partition coefficient (Wildman–Crippen LogP) is 0.663. The molecule has 9 nitrogen and oxygen atoms in total. The predicted molar refractivity (Wildman–Crippen MR) is 98.3 cm³/mol. The van der Waals surface area contributed by atoms with E-state index in [0.717, 1.165) is 11.5 Å². The average molecular weight is 383 g/mol. The van der Waals surface area contributed by atoms with Crippen molar-refractivity contribution in [2.24, 2.45) is 0 Å². The van der Waals surface area contributed by atoms with Crippen LogP contribution in [0.2, 0.25) is 0 Å². The minimum Gasteiger partial charge on any atom is -0.450 e. The van der Waals surface area contributed by atoms with Gasteiger partial charge in [-0.3, -0.25) is 0 Å². The lowest BCUT2D eigenvalue weighted by atomic mass is 10.3. The highest BCUT2D eigenvalue weighted by molar-refractivity contribution is 7.91. The second kappa shape index (κ2) is 7.65. The second-order valence-electron chi connectivity index (χ2n) is 6.61. The first-order chi connectivity index (χ1) is 12.4. The van der Waals surface area contributed by atoms with Gasteiger partial charge in [-0.2, -0.15) is 4.98 Å². The molecule has 1 amide bonds. The summed E-state index contributed by atoms with van der Waals surface area (Å²) in [7, 11) is -2.95. The van der Waals surface area contributed by atoms with Crippen molar-refractivity contribution in [3.05, 3.63) is 11.8 Å². The van der Waals surface area contributed by atoms with Gasteiger partial charge in [0.25, 0.3) is 0 Å². The lowest BCUT2D eigenvalue weighted by Gasteiger charge is -2.34. The van der Waals surface area contributed by atoms with E-state index < -0.39 is 9.84 Å². The zero-order chi connectivity index (χ0) is 18.7. The van der Waals surface area contributed by atoms with Crippen molar-refractivity contribution in [2.45, 2.75) is 26.3 Å². The lowest BCUT2D eigenvalue weighted by Crippen LogP contribution is -2.49. The van der Waals surface area contributed by atoms with Crippen molar-refractivity contribution in [3.8, 4) is 0 Å². The van der Waals surface area contributed by atoms with E-state index in [4.69, 9.17) is 4.74 Å². The van der Waals surface area contributed by atoms with Crippen molar-refractivity contribution in [3.63, 3.8) is 0 Å². The highest BCUT2D eigenvalue weighted by Crippen LogP contribution is 2.20. The Morgan fingerprint density at radius 3 is 2.65 bits per heavy atom. The van der Waals surface area contributed by atoms with Crippen LogP contribution in [0, 0.1) is 6.92 Å². The molecule has 0 radical (unpaired) electrons. The molecule has 2 saturated heterocycles. The highest BCUT2D eigenvalue weighted by atomic mass is 32.2. The number of nitrogens with zero attached hydrogens (tertiary/aromatic N) is 4. The molecule has 3 rings (SSSR count). The number of aromatic nitrogens is 2. The number of rotatable bonds is 4. The van der Waals surface area contributed by atoms with Gasteiger partial charge < -0.3 is 19.9 Å². The van der Waals surface area contributed by atoms with Gasteiger partial charge in [0.15, 0.2) is 9.84 Å². The fourth-order valence-corrected chi connectivity index (χ4v) is 4.88. The number of anilines is 2. The summed E-state index contributed by atoms with van der Waals surface area (Å²) in [6.07, 6.45) is 0.295. The van der Waals surface area contributed by atoms with Crippen molar-refractivity contribution in [2.75, 3.05) is 54.5 Å². The van der Waals surface area contributed by atoms with E-state index in [1.807, 2.05) is 13.0 Å². The van der Waals surface area contributed by atoms with Crippen LogP contribution >= 0.6 is 0 Å². The Hall–Kier alpha value is -2.10. The van der Waals surface area contributed by atoms with Gasteiger partial charge in [0.1, 0.15) is 5.82 Å². The number of hydrogen-bond donors (Lipinski definition) is 1. The lowest BCUT2D eigenvalue weighted by molar-refractivity contribution is 0.105. The van der Waals surface area contributed by atoms with Gasteiger partial charge in [-0.1, -0.05) is 0 Å². The van der Waals surface area contributed by atoms with E-state index in [2.05, 4.69) is 20.2 Å². The molecule has 10 heteroatoms. The maximum Gasteiger partial charge on any atom is 0.409 e. The Morgan fingerprint density at radius 1 is 1.31 bits per heavy atom. The Bertz CT molecular complexity index is 762. The van der Waals surface area contributed by atoms with Crippen molar-refractivity contribution in [1.29, 1.82) is 0 Å². The maximum absolute atomic E-state index is 11.8. The number of hydrogen-bond acceptors (Lipinski definition) is 8. The number of carbonyl (C=O) groups excluding carboxylic acids is 1. The molecule has 2 aliphatic heterocycles. The van der Waals surface area contributed by atoms with E-state index in [-0.39, 0.29) is 23.6 Å². The van der Waals surface area contributed by atoms with E-state index >= 15 is 0 Å². The molecule has 1 aromatic rings. The molecule has 2 aliphatic rings. The average Bonchev–Trinajstić information content (AvgIpc) is 2.93. The number of aryl methyl sites for hydroxylation is 1. The van der Waals surface area contributed by atoms with Crippen LogP contribution in [-0.4, -0.2) is 79.7 Å². The van der Waals surface area contributed by atoms with Crippen LogP contribution in [0.3, 0.4) is 0 Å². The summed E-state index contributed by atoms with van der Waals surface area (Å²) in [6.45, 7) is 6.52. The van der Waals surface area contributed by atoms with Crippen LogP contribution < -0.4 is 10.2 Å². The maximum atomic E-state index is 11.8. The van der Waals surface area contributed by atoms with Gasteiger partial charge in [0.2, 0.25) is 5.95 Å². The molecule has 1 unspecified atom stereocenters. The third-order valence-corrected chi connectivity index (χ3v) is 6.30. The van der Waals surface area contributed by atoms with Crippen LogP contribution in [0.5, 0.6) is 0 Å². The largest absolute Gasteiger partial charge is 0.450 e. The summed E-state index contributed by atoms with van der Waals surface area (Å²) >= 11 is 0. The molecule has 3 heterocycles. The number of amides is 1. The Kier molecular flexibility index (Phi) is 5.49. The Morgan fingerprint density at radius 2 is 2.04 bits per heavy atom. The van der Waals surface area contributed by atoms with Gasteiger partial charge in [-0.25, -0.2) is 18.2 Å². The van der Waals surface area contributed by atoms with E-state index in [1.165, 1.54) is 0 Å². The molecule has 0 bridgehead atoms. The van der Waals surface area contributed by atoms with Gasteiger partial charge in [0.05, 0.1) is 18.1 Å². The zero-order valence-electron chi connectivity index (χ0n) is 15.1. The van der Waals surface area contributed by atoms with E-state index in [0.29, 0.717) is 45.2 Å². The molecule has 1 N–H and O–H groups in total. The van der Waals surface area contributed by atoms with Crippen LogP contribution in [0.15, 0.2) is 6.07 Å². The SMILES string of the molecule is CCOC(=O)N1CCN(c2cc(C)nc(NC3CCS(=O)(=O)C3)n2)CC1. The van der Waals surface area contributed by atoms with Crippen LogP contribution in [0.1, 0.15) is 19.0 Å². The summed E-state index contributed by atoms with van der Waals surface area (Å²) < 4.78 is 28.3. The highest BCUT2D eigenvalue weighted by Gasteiger charge is 2.29. The van der Waals surface area contributed by atoms with Gasteiger partial charge >= 0.3 is 6.09 Å². The fourth-order valence-electron chi connectivity index (χ4n) is 3.20. The van der Waals surface area contributed by atoms with Crippen LogP contribution in [-0.2, 0) is 14.6 Å². The van der Waals surface area contributed by atoms with Gasteiger partial charge in [0, 0.05) is 44.0 Å². The van der Waals surface area contributed by atoms with E-state index in [1.54, 1.807) is 11.8 Å². The van der Waals surface area contributed by atoms with Crippen LogP contribution in [0.4, 0.5) is 16.6 Å². The quantitative estimate of drug-likeness (QED) is 0.809. The molecule has 0 aromatic carbocycles. The molecular weight excluding hydrogens is 358 g/mol. The first-order valence-corrected chi connectivity index (χ1v) is 10.7. The first-order valence-electron chi connectivity index (χ1n) is 8.85. The molecule has 144 valence electrons. The molecule has 26 heavy (non-hydrogen) atoms. The zero-order valence-corrected chi connectivity index (χ0v) is 16.0. The molecular formula is C16H25N5O4S. The second-order valence-corrected chi connectivity index (χ2v) is 8.84. The van der Waals surface area contributed by atoms with Crippen LogP contribution in [0.25, 0.3) is 0 Å². The standard InChI is InChI=1S/C16H25N5O4S/c1-3-25-16(22)21-7-5-20(6-8-21)14-10-12(2)17-15(19-14)18-13-4-9-26(23,24)11-13/h10,13H,3-9,11H2,1-2H3,(H,17,18,19). The van der Waals surface area contributed by atoms with Crippen molar-refractivity contribution in [1.82, 2.24) is 14.9 Å². The minimum atomic E-state index is -2.95. The molecule has 0 spiro atoms. The van der Waals surface area contributed by atoms with Gasteiger partial charge in [-0.15, -0.1) is 0 Å². The Labute approximate surface area is 153 Å². The number of nitrogens with one attached hydrogen (secondary N) is 1. The van der Waals surface area contributed by atoms with E-state index in [9.17, 15) is 13.2 Å². The molecule has 0 saturated carbocycles. The molecule has 1 aromatic heterocycles. The van der Waals surface area contributed by atoms with Gasteiger partial charge in [-0.05, 0) is 20.3 Å². The summed E-state index contributed by atoms with van der Waals surface area (Å²) in [5, 5.41) is 3.15. The number of sulfone groups is 1. The fraction of sp³-hybridized carbons (Fsp3) is 0.688. The topological polar surface area (TPSA) is 105 Å². The summed E-state index contributed by atoms with van der Waals surface area (Å²) in [6, 6.07) is 1.76.